The van der Waals surface area contributed by atoms with Gasteiger partial charge in [-0.05, 0) is 49.1 Å². The number of nitrogens with zero attached hydrogens (tertiary/aromatic N) is 3. The summed E-state index contributed by atoms with van der Waals surface area (Å²) in [6.45, 7) is 2.07. The Morgan fingerprint density at radius 1 is 1.03 bits per heavy atom. The fourth-order valence-corrected chi connectivity index (χ4v) is 5.35. The van der Waals surface area contributed by atoms with Gasteiger partial charge in [-0.15, -0.1) is 10.2 Å². The van der Waals surface area contributed by atoms with E-state index in [4.69, 9.17) is 0 Å². The van der Waals surface area contributed by atoms with Crippen molar-refractivity contribution in [3.05, 3.63) is 96.2 Å². The molecule has 1 atom stereocenters. The molecule has 0 spiro atoms. The Morgan fingerprint density at radius 3 is 2.63 bits per heavy atom. The minimum atomic E-state index is -0.430. The Morgan fingerprint density at radius 2 is 1.83 bits per heavy atom. The second-order valence-corrected chi connectivity index (χ2v) is 9.99. The summed E-state index contributed by atoms with van der Waals surface area (Å²) in [6.07, 6.45) is 4.06. The van der Waals surface area contributed by atoms with Crippen molar-refractivity contribution in [1.29, 1.82) is 0 Å². The van der Waals surface area contributed by atoms with Crippen molar-refractivity contribution in [2.45, 2.75) is 36.2 Å². The lowest BCUT2D eigenvalue weighted by Crippen LogP contribution is -2.29. The number of thioether (sulfide) groups is 1. The van der Waals surface area contributed by atoms with Gasteiger partial charge in [0.05, 0.1) is 0 Å². The Hall–Kier alpha value is -3.84. The molecular formula is C28H25N5OS. The third-order valence-corrected chi connectivity index (χ3v) is 7.41. The lowest BCUT2D eigenvalue weighted by Gasteiger charge is -2.17. The van der Waals surface area contributed by atoms with Crippen molar-refractivity contribution in [2.75, 3.05) is 0 Å². The minimum absolute atomic E-state index is 0.0103. The van der Waals surface area contributed by atoms with Crippen LogP contribution in [0.3, 0.4) is 0 Å². The standard InChI is InChI=1S/C28H25N5OS/c1-18-8-7-11-21(16-18)33-26(23-17-29-24-13-6-5-12-22(23)24)31-32-28(33)35-25(19-9-3-2-4-10-19)27(34)30-20-14-15-20/h2-13,16-17,20,25,29H,14-15H2,1H3,(H,30,34). The highest BCUT2D eigenvalue weighted by Gasteiger charge is 2.31. The molecule has 0 radical (unpaired) electrons. The summed E-state index contributed by atoms with van der Waals surface area (Å²) in [5.74, 6) is 0.751. The van der Waals surface area contributed by atoms with Gasteiger partial charge in [0.15, 0.2) is 11.0 Å². The molecule has 1 fully saturated rings. The number of hydrogen-bond acceptors (Lipinski definition) is 4. The second kappa shape index (κ2) is 9.07. The molecule has 0 bridgehead atoms. The van der Waals surface area contributed by atoms with Gasteiger partial charge >= 0.3 is 0 Å². The number of benzene rings is 3. The number of aryl methyl sites for hydroxylation is 1. The van der Waals surface area contributed by atoms with Crippen LogP contribution < -0.4 is 5.32 Å². The molecule has 7 heteroatoms. The molecule has 2 aromatic heterocycles. The summed E-state index contributed by atoms with van der Waals surface area (Å²) in [4.78, 5) is 16.7. The van der Waals surface area contributed by atoms with E-state index in [9.17, 15) is 4.79 Å². The first-order chi connectivity index (χ1) is 17.2. The molecule has 0 saturated heterocycles. The van der Waals surface area contributed by atoms with Crippen LogP contribution in [0, 0.1) is 6.92 Å². The van der Waals surface area contributed by atoms with E-state index in [1.807, 2.05) is 54.7 Å². The largest absolute Gasteiger partial charge is 0.360 e. The van der Waals surface area contributed by atoms with Gasteiger partial charge < -0.3 is 10.3 Å². The molecule has 1 unspecified atom stereocenters. The topological polar surface area (TPSA) is 75.6 Å². The third kappa shape index (κ3) is 4.35. The molecule has 174 valence electrons. The van der Waals surface area contributed by atoms with Crippen LogP contribution in [0.15, 0.2) is 90.2 Å². The molecular weight excluding hydrogens is 454 g/mol. The monoisotopic (exact) mass is 479 g/mol. The first kappa shape index (κ1) is 21.7. The first-order valence-corrected chi connectivity index (χ1v) is 12.7. The fourth-order valence-electron chi connectivity index (χ4n) is 4.29. The summed E-state index contributed by atoms with van der Waals surface area (Å²) in [6, 6.07) is 26.6. The van der Waals surface area contributed by atoms with Gasteiger partial charge in [-0.3, -0.25) is 9.36 Å². The number of aromatic nitrogens is 4. The lowest BCUT2D eigenvalue weighted by atomic mass is 10.1. The number of carbonyl (C=O) groups is 1. The number of nitrogens with one attached hydrogen (secondary N) is 2. The highest BCUT2D eigenvalue weighted by Crippen LogP contribution is 2.39. The van der Waals surface area contributed by atoms with Gasteiger partial charge in [0, 0.05) is 34.4 Å². The molecule has 6 rings (SSSR count). The SMILES string of the molecule is Cc1cccc(-n2c(SC(C(=O)NC3CC3)c3ccccc3)nnc2-c2c[nH]c3ccccc23)c1. The zero-order valence-corrected chi connectivity index (χ0v) is 20.1. The number of hydrogen-bond donors (Lipinski definition) is 2. The normalized spacial score (nSPS) is 14.2. The number of rotatable bonds is 7. The van der Waals surface area contributed by atoms with E-state index in [1.54, 1.807) is 0 Å². The molecule has 2 heterocycles. The maximum Gasteiger partial charge on any atom is 0.238 e. The van der Waals surface area contributed by atoms with Crippen molar-refractivity contribution in [2.24, 2.45) is 0 Å². The van der Waals surface area contributed by atoms with Crippen molar-refractivity contribution in [1.82, 2.24) is 25.1 Å². The van der Waals surface area contributed by atoms with Crippen LogP contribution in [0.4, 0.5) is 0 Å². The number of carbonyl (C=O) groups excluding carboxylic acids is 1. The smallest absolute Gasteiger partial charge is 0.238 e. The zero-order chi connectivity index (χ0) is 23.8. The Bertz CT molecular complexity index is 1500. The van der Waals surface area contributed by atoms with E-state index >= 15 is 0 Å². The Kier molecular flexibility index (Phi) is 5.62. The van der Waals surface area contributed by atoms with Crippen LogP contribution in [0.25, 0.3) is 28.0 Å². The average Bonchev–Trinajstić information content (AvgIpc) is 3.44. The molecule has 35 heavy (non-hydrogen) atoms. The van der Waals surface area contributed by atoms with E-state index in [0.29, 0.717) is 5.16 Å². The third-order valence-electron chi connectivity index (χ3n) is 6.21. The maximum atomic E-state index is 13.3. The van der Waals surface area contributed by atoms with Crippen LogP contribution in [-0.4, -0.2) is 31.7 Å². The fraction of sp³-hybridized carbons (Fsp3) is 0.179. The molecule has 5 aromatic rings. The lowest BCUT2D eigenvalue weighted by molar-refractivity contribution is -0.120. The van der Waals surface area contributed by atoms with E-state index < -0.39 is 5.25 Å². The number of para-hydroxylation sites is 1. The van der Waals surface area contributed by atoms with E-state index in [2.05, 4.69) is 62.3 Å². The molecule has 1 aliphatic carbocycles. The predicted octanol–water partition coefficient (Wildman–Crippen LogP) is 5.84. The number of aromatic amines is 1. The van der Waals surface area contributed by atoms with Gasteiger partial charge in [0.2, 0.25) is 5.91 Å². The molecule has 1 saturated carbocycles. The average molecular weight is 480 g/mol. The van der Waals surface area contributed by atoms with Crippen molar-refractivity contribution in [3.8, 4) is 17.1 Å². The zero-order valence-electron chi connectivity index (χ0n) is 19.3. The van der Waals surface area contributed by atoms with Gasteiger partial charge in [-0.25, -0.2) is 0 Å². The highest BCUT2D eigenvalue weighted by atomic mass is 32.2. The van der Waals surface area contributed by atoms with E-state index in [1.165, 1.54) is 11.8 Å². The van der Waals surface area contributed by atoms with Crippen LogP contribution in [0.1, 0.15) is 29.2 Å². The minimum Gasteiger partial charge on any atom is -0.360 e. The molecule has 6 nitrogen and oxygen atoms in total. The number of H-pyrrole nitrogens is 1. The van der Waals surface area contributed by atoms with E-state index in [-0.39, 0.29) is 11.9 Å². The second-order valence-electron chi connectivity index (χ2n) is 8.92. The van der Waals surface area contributed by atoms with Crippen LogP contribution in [-0.2, 0) is 4.79 Å². The quantitative estimate of drug-likeness (QED) is 0.288. The predicted molar refractivity (Wildman–Crippen MR) is 140 cm³/mol. The summed E-state index contributed by atoms with van der Waals surface area (Å²) >= 11 is 1.44. The molecule has 0 aliphatic heterocycles. The summed E-state index contributed by atoms with van der Waals surface area (Å²) in [7, 11) is 0. The number of fused-ring (bicyclic) bond motifs is 1. The van der Waals surface area contributed by atoms with Crippen LogP contribution in [0.5, 0.6) is 0 Å². The van der Waals surface area contributed by atoms with Gasteiger partial charge in [0.1, 0.15) is 5.25 Å². The Labute approximate surface area is 207 Å². The molecule has 3 aromatic carbocycles. The van der Waals surface area contributed by atoms with Crippen LogP contribution >= 0.6 is 11.8 Å². The van der Waals surface area contributed by atoms with Crippen molar-refractivity contribution < 1.29 is 4.79 Å². The van der Waals surface area contributed by atoms with Gasteiger partial charge in [0.25, 0.3) is 0 Å². The number of amides is 1. The van der Waals surface area contributed by atoms with Crippen LogP contribution in [0.2, 0.25) is 0 Å². The van der Waals surface area contributed by atoms with Gasteiger partial charge in [-0.2, -0.15) is 0 Å². The van der Waals surface area contributed by atoms with Crippen molar-refractivity contribution in [3.63, 3.8) is 0 Å². The van der Waals surface area contributed by atoms with Gasteiger partial charge in [-0.1, -0.05) is 72.4 Å². The highest BCUT2D eigenvalue weighted by molar-refractivity contribution is 8.00. The molecule has 1 aliphatic rings. The van der Waals surface area contributed by atoms with E-state index in [0.717, 1.165) is 51.9 Å². The molecule has 2 N–H and O–H groups in total. The summed E-state index contributed by atoms with van der Waals surface area (Å²) in [5.41, 5.74) is 5.07. The Balaban J connectivity index is 1.47. The van der Waals surface area contributed by atoms with Crippen molar-refractivity contribution >= 4 is 28.6 Å². The summed E-state index contributed by atoms with van der Waals surface area (Å²) < 4.78 is 2.06. The maximum absolute atomic E-state index is 13.3. The first-order valence-electron chi connectivity index (χ1n) is 11.8. The molecule has 1 amide bonds. The summed E-state index contributed by atoms with van der Waals surface area (Å²) in [5, 5.41) is 13.7.